The highest BCUT2D eigenvalue weighted by atomic mass is 16.3. The van der Waals surface area contributed by atoms with Crippen LogP contribution in [0.1, 0.15) is 51.6 Å². The lowest BCUT2D eigenvalue weighted by Crippen LogP contribution is -2.28. The van der Waals surface area contributed by atoms with Crippen molar-refractivity contribution in [2.75, 3.05) is 0 Å². The van der Waals surface area contributed by atoms with Gasteiger partial charge in [0.25, 0.3) is 5.91 Å². The highest BCUT2D eigenvalue weighted by molar-refractivity contribution is 5.91. The highest BCUT2D eigenvalue weighted by Crippen LogP contribution is 2.25. The Hall–Kier alpha value is -3.34. The molecule has 5 nitrogen and oxygen atoms in total. The zero-order valence-corrected chi connectivity index (χ0v) is 17.2. The van der Waals surface area contributed by atoms with Crippen molar-refractivity contribution in [2.24, 2.45) is 0 Å². The first-order valence-corrected chi connectivity index (χ1v) is 9.80. The number of amides is 1. The van der Waals surface area contributed by atoms with E-state index in [1.807, 2.05) is 25.1 Å². The fourth-order valence-electron chi connectivity index (χ4n) is 3.95. The molecule has 148 valence electrons. The summed E-state index contributed by atoms with van der Waals surface area (Å²) in [5.41, 5.74) is 7.05. The quantitative estimate of drug-likeness (QED) is 0.519. The van der Waals surface area contributed by atoms with Gasteiger partial charge >= 0.3 is 0 Å². The van der Waals surface area contributed by atoms with Crippen LogP contribution < -0.4 is 5.32 Å². The fourth-order valence-corrected chi connectivity index (χ4v) is 3.95. The van der Waals surface area contributed by atoms with Crippen LogP contribution in [0.4, 0.5) is 0 Å². The van der Waals surface area contributed by atoms with Gasteiger partial charge in [0, 0.05) is 6.54 Å². The van der Waals surface area contributed by atoms with Crippen molar-refractivity contribution in [1.29, 1.82) is 0 Å². The minimum atomic E-state index is -0.272. The topological polar surface area (TPSA) is 60.1 Å². The minimum Gasteiger partial charge on any atom is -0.459 e. The van der Waals surface area contributed by atoms with E-state index in [4.69, 9.17) is 9.40 Å². The van der Waals surface area contributed by atoms with Crippen LogP contribution >= 0.6 is 0 Å². The Morgan fingerprint density at radius 1 is 1.10 bits per heavy atom. The van der Waals surface area contributed by atoms with Gasteiger partial charge in [0.2, 0.25) is 0 Å². The summed E-state index contributed by atoms with van der Waals surface area (Å²) in [5, 5.41) is 3.01. The maximum atomic E-state index is 12.5. The third-order valence-electron chi connectivity index (χ3n) is 5.32. The normalized spacial score (nSPS) is 12.3. The number of nitrogens with one attached hydrogen (secondary N) is 1. The van der Waals surface area contributed by atoms with E-state index in [0.717, 1.165) is 16.9 Å². The second kappa shape index (κ2) is 7.59. The van der Waals surface area contributed by atoms with E-state index < -0.39 is 0 Å². The van der Waals surface area contributed by atoms with Crippen LogP contribution in [0.5, 0.6) is 0 Å². The highest BCUT2D eigenvalue weighted by Gasteiger charge is 2.21. The van der Waals surface area contributed by atoms with Gasteiger partial charge in [-0.15, -0.1) is 0 Å². The van der Waals surface area contributed by atoms with Gasteiger partial charge in [-0.25, -0.2) is 4.98 Å². The second-order valence-electron chi connectivity index (χ2n) is 7.59. The smallest absolute Gasteiger partial charge is 0.287 e. The number of fused-ring (bicyclic) bond motifs is 1. The molecule has 0 aliphatic heterocycles. The van der Waals surface area contributed by atoms with Gasteiger partial charge in [0.1, 0.15) is 5.82 Å². The number of aryl methyl sites for hydroxylation is 3. The molecule has 1 atom stereocenters. The Morgan fingerprint density at radius 3 is 2.52 bits per heavy atom. The van der Waals surface area contributed by atoms with Gasteiger partial charge in [-0.2, -0.15) is 0 Å². The zero-order valence-electron chi connectivity index (χ0n) is 17.2. The molecule has 0 saturated heterocycles. The van der Waals surface area contributed by atoms with Gasteiger partial charge in [-0.1, -0.05) is 29.8 Å². The van der Waals surface area contributed by atoms with E-state index in [0.29, 0.717) is 12.3 Å². The monoisotopic (exact) mass is 387 g/mol. The van der Waals surface area contributed by atoms with Crippen molar-refractivity contribution < 1.29 is 9.21 Å². The van der Waals surface area contributed by atoms with E-state index in [-0.39, 0.29) is 11.9 Å². The first-order chi connectivity index (χ1) is 13.9. The lowest BCUT2D eigenvalue weighted by Gasteiger charge is -2.18. The summed E-state index contributed by atoms with van der Waals surface area (Å²) in [5.74, 6) is 0.874. The molecule has 0 radical (unpaired) electrons. The number of carbonyl (C=O) groups excluding carboxylic acids is 1. The van der Waals surface area contributed by atoms with E-state index in [1.165, 1.54) is 28.5 Å². The number of carbonyl (C=O) groups is 1. The van der Waals surface area contributed by atoms with Gasteiger partial charge in [0.05, 0.1) is 23.3 Å². The van der Waals surface area contributed by atoms with Crippen molar-refractivity contribution in [1.82, 2.24) is 14.9 Å². The fraction of sp³-hybridized carbons (Fsp3) is 0.250. The average Bonchev–Trinajstić information content (AvgIpc) is 3.33. The largest absolute Gasteiger partial charge is 0.459 e. The predicted molar refractivity (Wildman–Crippen MR) is 114 cm³/mol. The van der Waals surface area contributed by atoms with Gasteiger partial charge in [0.15, 0.2) is 5.76 Å². The molecule has 2 aromatic carbocycles. The van der Waals surface area contributed by atoms with E-state index >= 15 is 0 Å². The molecular weight excluding hydrogens is 362 g/mol. The number of benzene rings is 2. The van der Waals surface area contributed by atoms with Crippen molar-refractivity contribution in [3.8, 4) is 0 Å². The number of aromatic nitrogens is 2. The second-order valence-corrected chi connectivity index (χ2v) is 7.59. The van der Waals surface area contributed by atoms with Crippen LogP contribution in [0.3, 0.4) is 0 Å². The summed E-state index contributed by atoms with van der Waals surface area (Å²) in [6, 6.07) is 15.6. The molecule has 0 saturated carbocycles. The summed E-state index contributed by atoms with van der Waals surface area (Å²) in [7, 11) is 0. The van der Waals surface area contributed by atoms with Crippen molar-refractivity contribution in [3.63, 3.8) is 0 Å². The third-order valence-corrected chi connectivity index (χ3v) is 5.32. The molecule has 1 N–H and O–H groups in total. The first kappa shape index (κ1) is 19.0. The molecular formula is C24H25N3O2. The molecule has 2 heterocycles. The Bertz CT molecular complexity index is 1150. The van der Waals surface area contributed by atoms with Crippen LogP contribution in [-0.4, -0.2) is 15.5 Å². The molecule has 29 heavy (non-hydrogen) atoms. The Morgan fingerprint density at radius 2 is 1.83 bits per heavy atom. The van der Waals surface area contributed by atoms with Crippen LogP contribution in [0.2, 0.25) is 0 Å². The maximum Gasteiger partial charge on any atom is 0.287 e. The number of imidazole rings is 1. The molecule has 0 aliphatic carbocycles. The van der Waals surface area contributed by atoms with Crippen molar-refractivity contribution in [3.05, 3.63) is 88.6 Å². The van der Waals surface area contributed by atoms with Gasteiger partial charge < -0.3 is 14.3 Å². The zero-order chi connectivity index (χ0) is 20.5. The average molecular weight is 387 g/mol. The minimum absolute atomic E-state index is 0.246. The van der Waals surface area contributed by atoms with Crippen LogP contribution in [0.25, 0.3) is 11.0 Å². The van der Waals surface area contributed by atoms with Crippen LogP contribution in [0, 0.1) is 20.8 Å². The summed E-state index contributed by atoms with van der Waals surface area (Å²) in [4.78, 5) is 17.3. The Labute approximate surface area is 170 Å². The Kier molecular flexibility index (Phi) is 4.97. The predicted octanol–water partition coefficient (Wildman–Crippen LogP) is 5.09. The lowest BCUT2D eigenvalue weighted by atomic mass is 9.99. The molecule has 1 amide bonds. The molecule has 0 spiro atoms. The van der Waals surface area contributed by atoms with E-state index in [9.17, 15) is 4.79 Å². The van der Waals surface area contributed by atoms with Crippen molar-refractivity contribution >= 4 is 16.9 Å². The number of para-hydroxylation sites is 2. The van der Waals surface area contributed by atoms with Gasteiger partial charge in [-0.05, 0) is 68.7 Å². The van der Waals surface area contributed by atoms with Crippen LogP contribution in [-0.2, 0) is 6.54 Å². The molecule has 0 fully saturated rings. The standard InChI is InChI=1S/C24H25N3O2/c1-15-12-16(2)19(17(3)13-15)14-27-21-9-6-5-8-20(21)26-23(27)18(4)25-24(28)22-10-7-11-29-22/h5-13,18H,14H2,1-4H3,(H,25,28). The molecule has 4 rings (SSSR count). The molecule has 4 aromatic rings. The maximum absolute atomic E-state index is 12.5. The number of rotatable bonds is 5. The van der Waals surface area contributed by atoms with Gasteiger partial charge in [-0.3, -0.25) is 4.79 Å². The summed E-state index contributed by atoms with van der Waals surface area (Å²) < 4.78 is 7.42. The van der Waals surface area contributed by atoms with Crippen LogP contribution in [0.15, 0.2) is 59.2 Å². The Balaban J connectivity index is 1.74. The number of nitrogens with zero attached hydrogens (tertiary/aromatic N) is 2. The molecule has 2 aromatic heterocycles. The number of hydrogen-bond donors (Lipinski definition) is 1. The molecule has 5 heteroatoms. The summed E-state index contributed by atoms with van der Waals surface area (Å²) in [6.45, 7) is 9.07. The van der Waals surface area contributed by atoms with Crippen molar-refractivity contribution in [2.45, 2.75) is 40.3 Å². The van der Waals surface area contributed by atoms with E-state index in [1.54, 1.807) is 12.1 Å². The number of hydrogen-bond acceptors (Lipinski definition) is 3. The molecule has 0 bridgehead atoms. The van der Waals surface area contributed by atoms with E-state index in [2.05, 4.69) is 48.9 Å². The molecule has 0 aliphatic rings. The summed E-state index contributed by atoms with van der Waals surface area (Å²) in [6.07, 6.45) is 1.50. The number of furan rings is 1. The lowest BCUT2D eigenvalue weighted by molar-refractivity contribution is 0.0909. The summed E-state index contributed by atoms with van der Waals surface area (Å²) >= 11 is 0. The molecule has 1 unspecified atom stereocenters. The third kappa shape index (κ3) is 3.68. The SMILES string of the molecule is Cc1cc(C)c(Cn2c(C(C)NC(=O)c3ccco3)nc3ccccc32)c(C)c1. The first-order valence-electron chi connectivity index (χ1n) is 9.80.